The Balaban J connectivity index is 1.83. The predicted molar refractivity (Wildman–Crippen MR) is 88.9 cm³/mol. The summed E-state index contributed by atoms with van der Waals surface area (Å²) in [6.07, 6.45) is 0.970. The van der Waals surface area contributed by atoms with Crippen LogP contribution in [0.4, 0.5) is 4.39 Å². The third-order valence-electron chi connectivity index (χ3n) is 4.26. The summed E-state index contributed by atoms with van der Waals surface area (Å²) < 4.78 is 19.2. The first kappa shape index (κ1) is 18.4. The number of rotatable bonds is 6. The fourth-order valence-corrected chi connectivity index (χ4v) is 2.81. The lowest BCUT2D eigenvalue weighted by Gasteiger charge is -2.34. The average Bonchev–Trinajstić information content (AvgIpc) is 2.58. The summed E-state index contributed by atoms with van der Waals surface area (Å²) >= 11 is 0. The Bertz CT molecular complexity index is 579. The molecule has 1 aliphatic heterocycles. The van der Waals surface area contributed by atoms with E-state index >= 15 is 0 Å². The quantitative estimate of drug-likeness (QED) is 0.861. The summed E-state index contributed by atoms with van der Waals surface area (Å²) in [5.74, 6) is -0.453. The Kier molecular flexibility index (Phi) is 6.73. The number of nitrogens with zero attached hydrogens (tertiary/aromatic N) is 1. The first-order valence-electron chi connectivity index (χ1n) is 8.35. The molecule has 1 saturated heterocycles. The molecule has 2 unspecified atom stereocenters. The van der Waals surface area contributed by atoms with E-state index in [0.29, 0.717) is 44.6 Å². The number of nitrogens with one attached hydrogen (secondary N) is 1. The lowest BCUT2D eigenvalue weighted by atomic mass is 9.99. The fraction of sp³-hybridized carbons (Fsp3) is 0.556. The highest BCUT2D eigenvalue weighted by molar-refractivity contribution is 5.78. The third kappa shape index (κ3) is 5.30. The van der Waals surface area contributed by atoms with Gasteiger partial charge in [0.15, 0.2) is 0 Å². The Labute approximate surface area is 142 Å². The van der Waals surface area contributed by atoms with E-state index in [1.54, 1.807) is 23.1 Å². The van der Waals surface area contributed by atoms with Gasteiger partial charge in [-0.25, -0.2) is 4.39 Å². The van der Waals surface area contributed by atoms with Gasteiger partial charge in [-0.2, -0.15) is 0 Å². The molecule has 24 heavy (non-hydrogen) atoms. The van der Waals surface area contributed by atoms with E-state index in [4.69, 9.17) is 4.74 Å². The van der Waals surface area contributed by atoms with Crippen molar-refractivity contribution < 1.29 is 18.7 Å². The number of morpholine rings is 1. The molecule has 0 radical (unpaired) electrons. The number of amides is 2. The van der Waals surface area contributed by atoms with Crippen molar-refractivity contribution in [2.24, 2.45) is 5.92 Å². The summed E-state index contributed by atoms with van der Waals surface area (Å²) in [6.45, 7) is 5.24. The third-order valence-corrected chi connectivity index (χ3v) is 4.26. The summed E-state index contributed by atoms with van der Waals surface area (Å²) in [7, 11) is 0. The minimum absolute atomic E-state index is 0.0578. The number of hydrogen-bond acceptors (Lipinski definition) is 3. The van der Waals surface area contributed by atoms with Crippen LogP contribution in [0.15, 0.2) is 24.3 Å². The summed E-state index contributed by atoms with van der Waals surface area (Å²) in [5.41, 5.74) is 0.641. The molecule has 2 atom stereocenters. The van der Waals surface area contributed by atoms with Crippen LogP contribution in [0.2, 0.25) is 0 Å². The Morgan fingerprint density at radius 1 is 1.42 bits per heavy atom. The predicted octanol–water partition coefficient (Wildman–Crippen LogP) is 1.76. The Hall–Kier alpha value is -1.95. The number of halogens is 1. The SMILES string of the molecule is CC(=O)NCC1CN(C(=O)C(C)CCc2ccccc2F)CCO1. The van der Waals surface area contributed by atoms with Gasteiger partial charge in [0, 0.05) is 32.5 Å². The van der Waals surface area contributed by atoms with Crippen LogP contribution in [0.1, 0.15) is 25.8 Å². The van der Waals surface area contributed by atoms with Gasteiger partial charge in [-0.05, 0) is 24.5 Å². The maximum Gasteiger partial charge on any atom is 0.225 e. The summed E-state index contributed by atoms with van der Waals surface area (Å²) in [6, 6.07) is 6.66. The average molecular weight is 336 g/mol. The van der Waals surface area contributed by atoms with E-state index in [-0.39, 0.29) is 29.7 Å². The number of carbonyl (C=O) groups is 2. The highest BCUT2D eigenvalue weighted by Crippen LogP contribution is 2.16. The van der Waals surface area contributed by atoms with Gasteiger partial charge in [0.25, 0.3) is 0 Å². The molecule has 1 N–H and O–H groups in total. The molecule has 0 saturated carbocycles. The maximum atomic E-state index is 13.7. The molecule has 1 heterocycles. The van der Waals surface area contributed by atoms with Crippen LogP contribution in [0.3, 0.4) is 0 Å². The van der Waals surface area contributed by atoms with Crippen LogP contribution in [-0.2, 0) is 20.7 Å². The topological polar surface area (TPSA) is 58.6 Å². The molecule has 132 valence electrons. The normalized spacial score (nSPS) is 19.0. The zero-order valence-corrected chi connectivity index (χ0v) is 14.3. The van der Waals surface area contributed by atoms with Crippen molar-refractivity contribution in [2.45, 2.75) is 32.8 Å². The van der Waals surface area contributed by atoms with E-state index in [9.17, 15) is 14.0 Å². The monoisotopic (exact) mass is 336 g/mol. The van der Waals surface area contributed by atoms with Crippen molar-refractivity contribution in [2.75, 3.05) is 26.2 Å². The van der Waals surface area contributed by atoms with Crippen LogP contribution in [0.5, 0.6) is 0 Å². The zero-order valence-electron chi connectivity index (χ0n) is 14.3. The molecule has 0 aromatic heterocycles. The molecule has 6 heteroatoms. The summed E-state index contributed by atoms with van der Waals surface area (Å²) in [5, 5.41) is 2.71. The molecular weight excluding hydrogens is 311 g/mol. The van der Waals surface area contributed by atoms with Crippen molar-refractivity contribution in [3.8, 4) is 0 Å². The van der Waals surface area contributed by atoms with Gasteiger partial charge in [0.2, 0.25) is 11.8 Å². The number of benzene rings is 1. The van der Waals surface area contributed by atoms with Crippen molar-refractivity contribution >= 4 is 11.8 Å². The van der Waals surface area contributed by atoms with Crippen LogP contribution in [0, 0.1) is 11.7 Å². The largest absolute Gasteiger partial charge is 0.373 e. The van der Waals surface area contributed by atoms with Gasteiger partial charge in [-0.3, -0.25) is 9.59 Å². The van der Waals surface area contributed by atoms with Gasteiger partial charge >= 0.3 is 0 Å². The molecule has 1 fully saturated rings. The molecule has 1 aromatic rings. The van der Waals surface area contributed by atoms with Crippen LogP contribution < -0.4 is 5.32 Å². The van der Waals surface area contributed by atoms with Crippen molar-refractivity contribution in [1.82, 2.24) is 10.2 Å². The highest BCUT2D eigenvalue weighted by Gasteiger charge is 2.27. The zero-order chi connectivity index (χ0) is 17.5. The van der Waals surface area contributed by atoms with Crippen LogP contribution in [0.25, 0.3) is 0 Å². The van der Waals surface area contributed by atoms with Gasteiger partial charge in [-0.15, -0.1) is 0 Å². The first-order valence-corrected chi connectivity index (χ1v) is 8.35. The van der Waals surface area contributed by atoms with Crippen molar-refractivity contribution in [1.29, 1.82) is 0 Å². The molecular formula is C18H25FN2O3. The molecule has 2 rings (SSSR count). The van der Waals surface area contributed by atoms with Crippen LogP contribution >= 0.6 is 0 Å². The number of ether oxygens (including phenoxy) is 1. The second-order valence-corrected chi connectivity index (χ2v) is 6.25. The van der Waals surface area contributed by atoms with E-state index in [0.717, 1.165) is 0 Å². The van der Waals surface area contributed by atoms with E-state index in [1.807, 2.05) is 6.92 Å². The lowest BCUT2D eigenvalue weighted by molar-refractivity contribution is -0.142. The molecule has 0 bridgehead atoms. The maximum absolute atomic E-state index is 13.7. The molecule has 5 nitrogen and oxygen atoms in total. The Morgan fingerprint density at radius 2 is 2.17 bits per heavy atom. The fourth-order valence-electron chi connectivity index (χ4n) is 2.81. The molecule has 2 amide bonds. The molecule has 0 spiro atoms. The van der Waals surface area contributed by atoms with Gasteiger partial charge in [-0.1, -0.05) is 25.1 Å². The smallest absolute Gasteiger partial charge is 0.225 e. The molecule has 0 aliphatic carbocycles. The van der Waals surface area contributed by atoms with Crippen LogP contribution in [-0.4, -0.2) is 49.1 Å². The first-order chi connectivity index (χ1) is 11.5. The van der Waals surface area contributed by atoms with E-state index in [1.165, 1.54) is 13.0 Å². The van der Waals surface area contributed by atoms with E-state index in [2.05, 4.69) is 5.32 Å². The number of hydrogen-bond donors (Lipinski definition) is 1. The number of aryl methyl sites for hydroxylation is 1. The Morgan fingerprint density at radius 3 is 2.88 bits per heavy atom. The molecule has 1 aromatic carbocycles. The van der Waals surface area contributed by atoms with Gasteiger partial charge < -0.3 is 15.0 Å². The minimum Gasteiger partial charge on any atom is -0.373 e. The highest BCUT2D eigenvalue weighted by atomic mass is 19.1. The van der Waals surface area contributed by atoms with E-state index < -0.39 is 0 Å². The standard InChI is InChI=1S/C18H25FN2O3/c1-13(7-8-15-5-3-4-6-17(15)19)18(23)21-9-10-24-16(12-21)11-20-14(2)22/h3-6,13,16H,7-12H2,1-2H3,(H,20,22). The van der Waals surface area contributed by atoms with Crippen molar-refractivity contribution in [3.05, 3.63) is 35.6 Å². The summed E-state index contributed by atoms with van der Waals surface area (Å²) in [4.78, 5) is 25.3. The van der Waals surface area contributed by atoms with Gasteiger partial charge in [0.1, 0.15) is 5.82 Å². The number of carbonyl (C=O) groups excluding carboxylic acids is 2. The minimum atomic E-state index is -0.223. The van der Waals surface area contributed by atoms with Crippen molar-refractivity contribution in [3.63, 3.8) is 0 Å². The second kappa shape index (κ2) is 8.78. The van der Waals surface area contributed by atoms with Gasteiger partial charge in [0.05, 0.1) is 12.7 Å². The second-order valence-electron chi connectivity index (χ2n) is 6.25. The lowest BCUT2D eigenvalue weighted by Crippen LogP contribution is -2.50. The molecule has 1 aliphatic rings.